The number of nitrogens with two attached hydrogens (primary N) is 1. The zero-order chi connectivity index (χ0) is 27.0. The van der Waals surface area contributed by atoms with Gasteiger partial charge in [-0.25, -0.2) is 19.2 Å². The van der Waals surface area contributed by atoms with Crippen molar-refractivity contribution in [2.45, 2.75) is 31.8 Å². The van der Waals surface area contributed by atoms with Crippen LogP contribution in [0.4, 0.5) is 21.7 Å². The van der Waals surface area contributed by atoms with Gasteiger partial charge in [-0.3, -0.25) is 13.3 Å². The van der Waals surface area contributed by atoms with E-state index in [1.54, 1.807) is 38.1 Å². The molecule has 2 aromatic heterocycles. The van der Waals surface area contributed by atoms with E-state index in [1.165, 1.54) is 24.5 Å². The van der Waals surface area contributed by atoms with Gasteiger partial charge < -0.3 is 25.2 Å². The smallest absolute Gasteiger partial charge is 0.326 e. The number of nitrogen functional groups attached to an aromatic ring is 1. The van der Waals surface area contributed by atoms with Crippen LogP contribution in [0.1, 0.15) is 17.5 Å². The Labute approximate surface area is 215 Å². The molecule has 3 heterocycles. The minimum absolute atomic E-state index is 0.0115. The number of anilines is 3. The van der Waals surface area contributed by atoms with Gasteiger partial charge in [-0.15, -0.1) is 0 Å². The maximum absolute atomic E-state index is 14.9. The molecule has 1 aliphatic heterocycles. The highest BCUT2D eigenvalue weighted by atomic mass is 32.2. The number of hydrogen-bond acceptors (Lipinski definition) is 8. The van der Waals surface area contributed by atoms with Crippen molar-refractivity contribution < 1.29 is 27.8 Å². The Hall–Kier alpha value is -3.84. The van der Waals surface area contributed by atoms with Crippen LogP contribution in [0.15, 0.2) is 36.7 Å². The van der Waals surface area contributed by atoms with E-state index >= 15 is 0 Å². The van der Waals surface area contributed by atoms with Gasteiger partial charge in [-0.2, -0.15) is 0 Å². The SMILES string of the molecule is Cc1cc(N([C@H]2CCN([C@H](Cc3cc4ccnc(N)c4cc3F)C(=O)O)C2=O)S(=O)[O-])cnc1N(C)C. The molecule has 1 aliphatic rings. The standard InChI is InChI=1S/C24H27FN6O5S/c1-13-8-16(12-28-22(13)29(2)3)31(37(35)36)19-5-7-30(23(19)32)20(24(33)34)10-15-9-14-4-6-27-21(26)17(14)11-18(15)25/h4,6,8-9,11-12,19-20H,5,7,10H2,1-3H3,(H2,26,27)(H,33,34)(H,35,36)/p-1/t19-,20+/m0/s1. The third kappa shape index (κ3) is 5.04. The molecule has 3 N–H and O–H groups in total. The third-order valence-electron chi connectivity index (χ3n) is 6.41. The van der Waals surface area contributed by atoms with Crippen LogP contribution in [0.3, 0.4) is 0 Å². The van der Waals surface area contributed by atoms with Crippen LogP contribution in [0.5, 0.6) is 0 Å². The van der Waals surface area contributed by atoms with Crippen molar-refractivity contribution in [1.82, 2.24) is 14.9 Å². The van der Waals surface area contributed by atoms with Crippen LogP contribution in [0.25, 0.3) is 10.8 Å². The molecule has 37 heavy (non-hydrogen) atoms. The van der Waals surface area contributed by atoms with Gasteiger partial charge in [0, 0.05) is 49.9 Å². The summed E-state index contributed by atoms with van der Waals surface area (Å²) in [6, 6.07) is 3.35. The van der Waals surface area contributed by atoms with Crippen molar-refractivity contribution in [3.8, 4) is 0 Å². The summed E-state index contributed by atoms with van der Waals surface area (Å²) >= 11 is -2.83. The van der Waals surface area contributed by atoms with Crippen LogP contribution < -0.4 is 14.9 Å². The van der Waals surface area contributed by atoms with Crippen molar-refractivity contribution >= 4 is 51.2 Å². The Balaban J connectivity index is 1.62. The molecule has 11 nitrogen and oxygen atoms in total. The highest BCUT2D eigenvalue weighted by molar-refractivity contribution is 7.80. The Morgan fingerprint density at radius 3 is 2.70 bits per heavy atom. The first-order chi connectivity index (χ1) is 17.5. The third-order valence-corrected chi connectivity index (χ3v) is 7.19. The summed E-state index contributed by atoms with van der Waals surface area (Å²) in [5.41, 5.74) is 6.78. The van der Waals surface area contributed by atoms with E-state index in [-0.39, 0.29) is 36.5 Å². The second kappa shape index (κ2) is 10.3. The van der Waals surface area contributed by atoms with E-state index in [9.17, 15) is 27.8 Å². The molecular weight excluding hydrogens is 503 g/mol. The number of likely N-dealkylation sites (tertiary alicyclic amines) is 1. The van der Waals surface area contributed by atoms with E-state index < -0.39 is 41.0 Å². The fourth-order valence-electron chi connectivity index (χ4n) is 4.68. The topological polar surface area (TPSA) is 156 Å². The number of pyridine rings is 2. The number of aryl methyl sites for hydroxylation is 1. The summed E-state index contributed by atoms with van der Waals surface area (Å²) in [5.74, 6) is -1.90. The van der Waals surface area contributed by atoms with E-state index in [2.05, 4.69) is 9.97 Å². The molecule has 0 bridgehead atoms. The minimum atomic E-state index is -2.83. The summed E-state index contributed by atoms with van der Waals surface area (Å²) in [4.78, 5) is 36.6. The number of benzene rings is 1. The van der Waals surface area contributed by atoms with Gasteiger partial charge in [0.15, 0.2) is 0 Å². The number of aromatic nitrogens is 2. The normalized spacial score (nSPS) is 17.2. The zero-order valence-corrected chi connectivity index (χ0v) is 21.2. The molecule has 1 amide bonds. The number of carboxylic acid groups (broad SMARTS) is 1. The van der Waals surface area contributed by atoms with Crippen molar-refractivity contribution in [2.24, 2.45) is 0 Å². The van der Waals surface area contributed by atoms with Gasteiger partial charge in [0.2, 0.25) is 5.91 Å². The maximum Gasteiger partial charge on any atom is 0.326 e. The number of fused-ring (bicyclic) bond motifs is 1. The number of halogens is 1. The molecule has 13 heteroatoms. The average Bonchev–Trinajstić information content (AvgIpc) is 3.18. The number of aliphatic carboxylic acids is 1. The second-order valence-electron chi connectivity index (χ2n) is 9.03. The predicted molar refractivity (Wildman–Crippen MR) is 136 cm³/mol. The molecule has 1 unspecified atom stereocenters. The van der Waals surface area contributed by atoms with Crippen LogP contribution in [-0.2, 0) is 27.3 Å². The van der Waals surface area contributed by atoms with Crippen LogP contribution in [-0.4, -0.2) is 73.3 Å². The molecule has 4 rings (SSSR count). The lowest BCUT2D eigenvalue weighted by molar-refractivity contribution is -0.148. The Morgan fingerprint density at radius 2 is 2.08 bits per heavy atom. The summed E-state index contributed by atoms with van der Waals surface area (Å²) in [5, 5.41) is 10.9. The first-order valence-electron chi connectivity index (χ1n) is 11.4. The van der Waals surface area contributed by atoms with Crippen molar-refractivity contribution in [2.75, 3.05) is 35.6 Å². The number of amides is 1. The molecular formula is C24H26FN6O5S-. The molecule has 196 valence electrons. The molecule has 0 radical (unpaired) electrons. The highest BCUT2D eigenvalue weighted by Crippen LogP contribution is 2.30. The molecule has 1 aromatic carbocycles. The van der Waals surface area contributed by atoms with Crippen LogP contribution in [0, 0.1) is 12.7 Å². The fraction of sp³-hybridized carbons (Fsp3) is 0.333. The lowest BCUT2D eigenvalue weighted by atomic mass is 10.0. The second-order valence-corrected chi connectivity index (χ2v) is 9.85. The van der Waals surface area contributed by atoms with Gasteiger partial charge in [-0.1, -0.05) is 0 Å². The first-order valence-corrected chi connectivity index (χ1v) is 12.4. The highest BCUT2D eigenvalue weighted by Gasteiger charge is 2.42. The van der Waals surface area contributed by atoms with Crippen molar-refractivity contribution in [1.29, 1.82) is 0 Å². The largest absolute Gasteiger partial charge is 0.755 e. The van der Waals surface area contributed by atoms with Gasteiger partial charge in [0.05, 0.1) is 11.9 Å². The van der Waals surface area contributed by atoms with Gasteiger partial charge in [0.1, 0.15) is 29.5 Å². The van der Waals surface area contributed by atoms with E-state index in [0.717, 1.165) is 9.21 Å². The van der Waals surface area contributed by atoms with E-state index in [4.69, 9.17) is 5.73 Å². The molecule has 3 aromatic rings. The Kier molecular flexibility index (Phi) is 7.28. The summed E-state index contributed by atoms with van der Waals surface area (Å²) in [6.07, 6.45) is 2.57. The van der Waals surface area contributed by atoms with Crippen molar-refractivity contribution in [3.63, 3.8) is 0 Å². The molecule has 1 fully saturated rings. The lowest BCUT2D eigenvalue weighted by Gasteiger charge is -2.32. The summed E-state index contributed by atoms with van der Waals surface area (Å²) < 4.78 is 40.2. The van der Waals surface area contributed by atoms with Crippen molar-refractivity contribution in [3.05, 3.63) is 53.6 Å². The summed E-state index contributed by atoms with van der Waals surface area (Å²) in [7, 11) is 3.60. The Morgan fingerprint density at radius 1 is 1.35 bits per heavy atom. The van der Waals surface area contributed by atoms with E-state index in [1.807, 2.05) is 0 Å². The molecule has 0 saturated carbocycles. The lowest BCUT2D eigenvalue weighted by Crippen LogP contribution is -2.49. The fourth-order valence-corrected chi connectivity index (χ4v) is 5.36. The number of hydrogen-bond donors (Lipinski definition) is 2. The first kappa shape index (κ1) is 26.2. The molecule has 3 atom stereocenters. The maximum atomic E-state index is 14.9. The summed E-state index contributed by atoms with van der Waals surface area (Å²) in [6.45, 7) is 1.76. The molecule has 1 saturated heterocycles. The number of rotatable bonds is 8. The minimum Gasteiger partial charge on any atom is -0.755 e. The van der Waals surface area contributed by atoms with Crippen LogP contribution in [0.2, 0.25) is 0 Å². The quantitative estimate of drug-likeness (QED) is 0.414. The van der Waals surface area contributed by atoms with Gasteiger partial charge >= 0.3 is 5.97 Å². The van der Waals surface area contributed by atoms with Crippen LogP contribution >= 0.6 is 0 Å². The zero-order valence-electron chi connectivity index (χ0n) is 20.4. The van der Waals surface area contributed by atoms with Gasteiger partial charge in [-0.05, 0) is 54.1 Å². The average molecular weight is 530 g/mol. The number of carbonyl (C=O) groups excluding carboxylic acids is 1. The number of carboxylic acids is 1. The van der Waals surface area contributed by atoms with Gasteiger partial charge in [0.25, 0.3) is 0 Å². The van der Waals surface area contributed by atoms with E-state index in [0.29, 0.717) is 22.2 Å². The number of carbonyl (C=O) groups is 2. The molecule has 0 spiro atoms. The molecule has 0 aliphatic carbocycles. The number of nitrogens with zero attached hydrogens (tertiary/aromatic N) is 5. The Bertz CT molecular complexity index is 1400. The predicted octanol–water partition coefficient (Wildman–Crippen LogP) is 1.62. The monoisotopic (exact) mass is 529 g/mol.